The van der Waals surface area contributed by atoms with Gasteiger partial charge in [0.25, 0.3) is 5.91 Å². The van der Waals surface area contributed by atoms with E-state index in [1.165, 1.54) is 5.69 Å². The van der Waals surface area contributed by atoms with Crippen molar-refractivity contribution >= 4 is 11.6 Å². The summed E-state index contributed by atoms with van der Waals surface area (Å²) in [7, 11) is 1.88. The third-order valence-corrected chi connectivity index (χ3v) is 4.81. The van der Waals surface area contributed by atoms with Crippen molar-refractivity contribution < 1.29 is 4.79 Å². The lowest BCUT2D eigenvalue weighted by molar-refractivity contribution is 0.0650. The molecule has 1 aromatic heterocycles. The number of benzene rings is 1. The standard InChI is InChI=1S/C19H26N4O/c1-4-15-13-22(16-9-7-6-8-10-16)11-12-23(15)19(24)17-14-21(3)20-18(17)5-2/h6-10,14-15H,4-5,11-13H2,1-3H3. The first-order valence-corrected chi connectivity index (χ1v) is 8.77. The molecule has 3 rings (SSSR count). The molecule has 1 unspecified atom stereocenters. The average molecular weight is 326 g/mol. The number of amides is 1. The topological polar surface area (TPSA) is 41.4 Å². The second-order valence-corrected chi connectivity index (χ2v) is 6.36. The van der Waals surface area contributed by atoms with Crippen LogP contribution in [0.3, 0.4) is 0 Å². The molecular weight excluding hydrogens is 300 g/mol. The summed E-state index contributed by atoms with van der Waals surface area (Å²) in [5.41, 5.74) is 2.88. The molecule has 0 bridgehead atoms. The van der Waals surface area contributed by atoms with Crippen LogP contribution in [0, 0.1) is 0 Å². The van der Waals surface area contributed by atoms with Crippen LogP contribution in [0.4, 0.5) is 5.69 Å². The van der Waals surface area contributed by atoms with Crippen molar-refractivity contribution in [3.63, 3.8) is 0 Å². The number of nitrogens with zero attached hydrogens (tertiary/aromatic N) is 4. The molecular formula is C19H26N4O. The van der Waals surface area contributed by atoms with E-state index < -0.39 is 0 Å². The molecule has 5 heteroatoms. The van der Waals surface area contributed by atoms with Gasteiger partial charge in [-0.3, -0.25) is 9.48 Å². The molecule has 0 N–H and O–H groups in total. The zero-order valence-corrected chi connectivity index (χ0v) is 14.8. The van der Waals surface area contributed by atoms with Gasteiger partial charge < -0.3 is 9.80 Å². The fourth-order valence-electron chi connectivity index (χ4n) is 3.47. The van der Waals surface area contributed by atoms with Crippen molar-refractivity contribution in [1.29, 1.82) is 0 Å². The highest BCUT2D eigenvalue weighted by Gasteiger charge is 2.31. The van der Waals surface area contributed by atoms with Crippen LogP contribution in [-0.4, -0.2) is 46.3 Å². The first-order valence-electron chi connectivity index (χ1n) is 8.77. The second-order valence-electron chi connectivity index (χ2n) is 6.36. The Morgan fingerprint density at radius 2 is 1.96 bits per heavy atom. The highest BCUT2D eigenvalue weighted by atomic mass is 16.2. The lowest BCUT2D eigenvalue weighted by atomic mass is 10.1. The Kier molecular flexibility index (Phi) is 4.88. The van der Waals surface area contributed by atoms with Crippen LogP contribution >= 0.6 is 0 Å². The molecule has 128 valence electrons. The molecule has 24 heavy (non-hydrogen) atoms. The molecule has 1 atom stereocenters. The molecule has 1 aromatic carbocycles. The number of carbonyl (C=O) groups is 1. The van der Waals surface area contributed by atoms with Crippen molar-refractivity contribution in [2.24, 2.45) is 7.05 Å². The molecule has 5 nitrogen and oxygen atoms in total. The number of aromatic nitrogens is 2. The minimum absolute atomic E-state index is 0.125. The normalized spacial score (nSPS) is 18.0. The van der Waals surface area contributed by atoms with E-state index in [1.807, 2.05) is 31.1 Å². The Labute approximate surface area is 143 Å². The Balaban J connectivity index is 1.78. The lowest BCUT2D eigenvalue weighted by Gasteiger charge is -2.42. The van der Waals surface area contributed by atoms with Gasteiger partial charge in [-0.25, -0.2) is 0 Å². The van der Waals surface area contributed by atoms with Gasteiger partial charge in [0.15, 0.2) is 0 Å². The van der Waals surface area contributed by atoms with Gasteiger partial charge in [-0.15, -0.1) is 0 Å². The maximum Gasteiger partial charge on any atom is 0.257 e. The van der Waals surface area contributed by atoms with Crippen LogP contribution in [0.5, 0.6) is 0 Å². The first-order chi connectivity index (χ1) is 11.6. The Hall–Kier alpha value is -2.30. The smallest absolute Gasteiger partial charge is 0.257 e. The van der Waals surface area contributed by atoms with Crippen molar-refractivity contribution in [3.05, 3.63) is 47.8 Å². The Morgan fingerprint density at radius 3 is 2.62 bits per heavy atom. The van der Waals surface area contributed by atoms with E-state index in [-0.39, 0.29) is 11.9 Å². The number of anilines is 1. The fraction of sp³-hybridized carbons (Fsp3) is 0.474. The molecule has 2 aromatic rings. The summed E-state index contributed by atoms with van der Waals surface area (Å²) in [6, 6.07) is 10.7. The number of rotatable bonds is 4. The van der Waals surface area contributed by atoms with Gasteiger partial charge in [0.2, 0.25) is 0 Å². The van der Waals surface area contributed by atoms with Gasteiger partial charge in [-0.05, 0) is 25.0 Å². The van der Waals surface area contributed by atoms with E-state index in [4.69, 9.17) is 0 Å². The average Bonchev–Trinajstić information content (AvgIpc) is 3.02. The van der Waals surface area contributed by atoms with E-state index in [0.717, 1.165) is 43.7 Å². The van der Waals surface area contributed by atoms with E-state index in [2.05, 4.69) is 41.2 Å². The number of carbonyl (C=O) groups excluding carboxylic acids is 1. The highest BCUT2D eigenvalue weighted by molar-refractivity contribution is 5.95. The predicted octanol–water partition coefficient (Wildman–Crippen LogP) is 2.72. The Morgan fingerprint density at radius 1 is 1.21 bits per heavy atom. The SMILES string of the molecule is CCc1nn(C)cc1C(=O)N1CCN(c2ccccc2)CC1CC. The number of aryl methyl sites for hydroxylation is 2. The minimum Gasteiger partial charge on any atom is -0.368 e. The summed E-state index contributed by atoms with van der Waals surface area (Å²) < 4.78 is 1.74. The molecule has 1 aliphatic rings. The summed E-state index contributed by atoms with van der Waals surface area (Å²) in [6.45, 7) is 6.71. The number of para-hydroxylation sites is 1. The number of piperazine rings is 1. The predicted molar refractivity (Wildman–Crippen MR) is 96.4 cm³/mol. The van der Waals surface area contributed by atoms with Crippen LogP contribution in [0.25, 0.3) is 0 Å². The maximum atomic E-state index is 13.1. The molecule has 1 saturated heterocycles. The van der Waals surface area contributed by atoms with Crippen LogP contribution in [0.15, 0.2) is 36.5 Å². The molecule has 2 heterocycles. The van der Waals surface area contributed by atoms with Crippen LogP contribution in [0.1, 0.15) is 36.3 Å². The zero-order valence-electron chi connectivity index (χ0n) is 14.8. The summed E-state index contributed by atoms with van der Waals surface area (Å²) in [6.07, 6.45) is 3.59. The van der Waals surface area contributed by atoms with E-state index in [1.54, 1.807) is 4.68 Å². The zero-order chi connectivity index (χ0) is 17.1. The highest BCUT2D eigenvalue weighted by Crippen LogP contribution is 2.22. The molecule has 0 spiro atoms. The lowest BCUT2D eigenvalue weighted by Crippen LogP contribution is -2.55. The molecule has 0 radical (unpaired) electrons. The molecule has 0 aliphatic carbocycles. The summed E-state index contributed by atoms with van der Waals surface area (Å²) >= 11 is 0. The molecule has 1 aliphatic heterocycles. The van der Waals surface area contributed by atoms with Crippen LogP contribution in [-0.2, 0) is 13.5 Å². The minimum atomic E-state index is 0.125. The number of hydrogen-bond acceptors (Lipinski definition) is 3. The van der Waals surface area contributed by atoms with Gasteiger partial charge in [0.1, 0.15) is 0 Å². The van der Waals surface area contributed by atoms with Crippen LogP contribution in [0.2, 0.25) is 0 Å². The molecule has 1 fully saturated rings. The van der Waals surface area contributed by atoms with Crippen molar-refractivity contribution in [2.45, 2.75) is 32.7 Å². The summed E-state index contributed by atoms with van der Waals surface area (Å²) in [4.78, 5) is 17.5. The van der Waals surface area contributed by atoms with Crippen molar-refractivity contribution in [1.82, 2.24) is 14.7 Å². The molecule has 0 saturated carbocycles. The van der Waals surface area contributed by atoms with E-state index in [9.17, 15) is 4.79 Å². The van der Waals surface area contributed by atoms with Gasteiger partial charge in [0, 0.05) is 44.6 Å². The quantitative estimate of drug-likeness (QED) is 0.867. The maximum absolute atomic E-state index is 13.1. The summed E-state index contributed by atoms with van der Waals surface area (Å²) in [5, 5.41) is 4.42. The fourth-order valence-corrected chi connectivity index (χ4v) is 3.47. The van der Waals surface area contributed by atoms with Crippen LogP contribution < -0.4 is 4.90 Å². The molecule has 1 amide bonds. The van der Waals surface area contributed by atoms with E-state index in [0.29, 0.717) is 0 Å². The van der Waals surface area contributed by atoms with Gasteiger partial charge in [-0.2, -0.15) is 5.10 Å². The van der Waals surface area contributed by atoms with Gasteiger partial charge in [0.05, 0.1) is 11.3 Å². The Bertz CT molecular complexity index is 695. The van der Waals surface area contributed by atoms with Gasteiger partial charge in [-0.1, -0.05) is 32.0 Å². The largest absolute Gasteiger partial charge is 0.368 e. The second kappa shape index (κ2) is 7.07. The monoisotopic (exact) mass is 326 g/mol. The third-order valence-electron chi connectivity index (χ3n) is 4.81. The van der Waals surface area contributed by atoms with Gasteiger partial charge >= 0.3 is 0 Å². The number of hydrogen-bond donors (Lipinski definition) is 0. The van der Waals surface area contributed by atoms with Crippen molar-refractivity contribution in [2.75, 3.05) is 24.5 Å². The van der Waals surface area contributed by atoms with E-state index >= 15 is 0 Å². The summed E-state index contributed by atoms with van der Waals surface area (Å²) in [5.74, 6) is 0.125. The third kappa shape index (κ3) is 3.16. The van der Waals surface area contributed by atoms with Crippen molar-refractivity contribution in [3.8, 4) is 0 Å². The first kappa shape index (κ1) is 16.6.